The summed E-state index contributed by atoms with van der Waals surface area (Å²) in [5.41, 5.74) is 7.13. The average Bonchev–Trinajstić information content (AvgIpc) is 2.79. The Morgan fingerprint density at radius 1 is 1.25 bits per heavy atom. The maximum absolute atomic E-state index is 13.0. The molecule has 2 fully saturated rings. The van der Waals surface area contributed by atoms with Crippen LogP contribution in [0.25, 0.3) is 0 Å². The fourth-order valence-electron chi connectivity index (χ4n) is 3.41. The third-order valence-electron chi connectivity index (χ3n) is 4.74. The van der Waals surface area contributed by atoms with Gasteiger partial charge < -0.3 is 10.5 Å². The molecule has 1 aromatic rings. The molecular formula is C16H23FN2O. The van der Waals surface area contributed by atoms with E-state index in [1.165, 1.54) is 25.0 Å². The summed E-state index contributed by atoms with van der Waals surface area (Å²) in [6.07, 6.45) is 3.92. The van der Waals surface area contributed by atoms with Crippen molar-refractivity contribution in [1.29, 1.82) is 0 Å². The molecule has 4 heteroatoms. The van der Waals surface area contributed by atoms with Gasteiger partial charge in [0.05, 0.1) is 12.2 Å². The highest BCUT2D eigenvalue weighted by molar-refractivity contribution is 5.19. The Morgan fingerprint density at radius 3 is 2.40 bits per heavy atom. The normalized spacial score (nSPS) is 29.4. The SMILES string of the molecule is CC(CN)(Cc1ccc(F)cc1)N1CC2CCC(C1)O2. The number of benzene rings is 1. The highest BCUT2D eigenvalue weighted by Crippen LogP contribution is 2.31. The Morgan fingerprint density at radius 2 is 1.85 bits per heavy atom. The number of morpholine rings is 1. The van der Waals surface area contributed by atoms with Crippen LogP contribution in [0.2, 0.25) is 0 Å². The Bertz CT molecular complexity index is 452. The second-order valence-electron chi connectivity index (χ2n) is 6.37. The quantitative estimate of drug-likeness (QED) is 0.915. The van der Waals surface area contributed by atoms with Crippen molar-refractivity contribution in [2.24, 2.45) is 5.73 Å². The van der Waals surface area contributed by atoms with Crippen LogP contribution in [-0.4, -0.2) is 42.3 Å². The van der Waals surface area contributed by atoms with Gasteiger partial charge in [-0.15, -0.1) is 0 Å². The van der Waals surface area contributed by atoms with Crippen molar-refractivity contribution in [3.8, 4) is 0 Å². The monoisotopic (exact) mass is 278 g/mol. The summed E-state index contributed by atoms with van der Waals surface area (Å²) in [5.74, 6) is -0.187. The van der Waals surface area contributed by atoms with E-state index < -0.39 is 0 Å². The van der Waals surface area contributed by atoms with Gasteiger partial charge in [0.2, 0.25) is 0 Å². The molecule has 0 aromatic heterocycles. The molecule has 2 heterocycles. The van der Waals surface area contributed by atoms with Gasteiger partial charge in [-0.3, -0.25) is 4.90 Å². The van der Waals surface area contributed by atoms with Crippen molar-refractivity contribution in [3.05, 3.63) is 35.6 Å². The van der Waals surface area contributed by atoms with Crippen LogP contribution >= 0.6 is 0 Å². The lowest BCUT2D eigenvalue weighted by Crippen LogP contribution is -2.59. The molecule has 3 atom stereocenters. The maximum atomic E-state index is 13.0. The largest absolute Gasteiger partial charge is 0.372 e. The van der Waals surface area contributed by atoms with E-state index in [-0.39, 0.29) is 11.4 Å². The number of hydrogen-bond donors (Lipinski definition) is 1. The molecule has 0 saturated carbocycles. The minimum Gasteiger partial charge on any atom is -0.372 e. The highest BCUT2D eigenvalue weighted by atomic mass is 19.1. The second-order valence-corrected chi connectivity index (χ2v) is 6.37. The molecule has 0 spiro atoms. The summed E-state index contributed by atoms with van der Waals surface area (Å²) < 4.78 is 18.9. The number of rotatable bonds is 4. The molecule has 1 aromatic carbocycles. The molecule has 0 radical (unpaired) electrons. The van der Waals surface area contributed by atoms with E-state index in [1.807, 2.05) is 12.1 Å². The Hall–Kier alpha value is -0.970. The van der Waals surface area contributed by atoms with E-state index in [4.69, 9.17) is 10.5 Å². The Balaban J connectivity index is 1.74. The third-order valence-corrected chi connectivity index (χ3v) is 4.74. The van der Waals surface area contributed by atoms with Gasteiger partial charge in [-0.05, 0) is 43.9 Å². The highest BCUT2D eigenvalue weighted by Gasteiger charge is 2.41. The summed E-state index contributed by atoms with van der Waals surface area (Å²) in [4.78, 5) is 2.47. The van der Waals surface area contributed by atoms with Gasteiger partial charge in [0.25, 0.3) is 0 Å². The van der Waals surface area contributed by atoms with Crippen LogP contribution in [0, 0.1) is 5.82 Å². The molecule has 2 saturated heterocycles. The van der Waals surface area contributed by atoms with Crippen LogP contribution in [0.1, 0.15) is 25.3 Å². The van der Waals surface area contributed by atoms with Crippen LogP contribution in [0.4, 0.5) is 4.39 Å². The van der Waals surface area contributed by atoms with E-state index >= 15 is 0 Å². The van der Waals surface area contributed by atoms with E-state index in [0.29, 0.717) is 18.8 Å². The molecule has 2 N–H and O–H groups in total. The first-order valence-corrected chi connectivity index (χ1v) is 7.44. The van der Waals surface area contributed by atoms with Crippen LogP contribution in [0.5, 0.6) is 0 Å². The lowest BCUT2D eigenvalue weighted by atomic mass is 9.90. The van der Waals surface area contributed by atoms with Crippen LogP contribution in [0.15, 0.2) is 24.3 Å². The zero-order valence-electron chi connectivity index (χ0n) is 12.0. The molecule has 0 amide bonds. The van der Waals surface area contributed by atoms with Crippen molar-refractivity contribution in [1.82, 2.24) is 4.90 Å². The minimum atomic E-state index is -0.187. The third kappa shape index (κ3) is 2.73. The van der Waals surface area contributed by atoms with Gasteiger partial charge in [0.15, 0.2) is 0 Å². The predicted molar refractivity (Wildman–Crippen MR) is 77.0 cm³/mol. The Kier molecular flexibility index (Phi) is 3.80. The van der Waals surface area contributed by atoms with Crippen LogP contribution in [0.3, 0.4) is 0 Å². The number of ether oxygens (including phenoxy) is 1. The molecule has 3 unspecified atom stereocenters. The summed E-state index contributed by atoms with van der Waals surface area (Å²) in [7, 11) is 0. The summed E-state index contributed by atoms with van der Waals surface area (Å²) in [6.45, 7) is 4.74. The number of fused-ring (bicyclic) bond motifs is 2. The fourth-order valence-corrected chi connectivity index (χ4v) is 3.41. The molecule has 2 aliphatic rings. The van der Waals surface area contributed by atoms with Gasteiger partial charge in [0, 0.05) is 25.2 Å². The number of nitrogens with zero attached hydrogens (tertiary/aromatic N) is 1. The van der Waals surface area contributed by atoms with Crippen molar-refractivity contribution in [2.75, 3.05) is 19.6 Å². The molecule has 2 aliphatic heterocycles. The topological polar surface area (TPSA) is 38.5 Å². The lowest BCUT2D eigenvalue weighted by Gasteiger charge is -2.45. The van der Waals surface area contributed by atoms with Crippen LogP contribution in [-0.2, 0) is 11.2 Å². The van der Waals surface area contributed by atoms with E-state index in [0.717, 1.165) is 25.1 Å². The van der Waals surface area contributed by atoms with Crippen LogP contribution < -0.4 is 5.73 Å². The molecule has 2 bridgehead atoms. The first-order valence-electron chi connectivity index (χ1n) is 7.44. The summed E-state index contributed by atoms with van der Waals surface area (Å²) >= 11 is 0. The Labute approximate surface area is 119 Å². The molecule has 0 aliphatic carbocycles. The number of hydrogen-bond acceptors (Lipinski definition) is 3. The summed E-state index contributed by atoms with van der Waals surface area (Å²) in [6, 6.07) is 6.77. The maximum Gasteiger partial charge on any atom is 0.123 e. The van der Waals surface area contributed by atoms with Gasteiger partial charge in [-0.2, -0.15) is 0 Å². The number of nitrogens with two attached hydrogens (primary N) is 1. The van der Waals surface area contributed by atoms with Crippen molar-refractivity contribution < 1.29 is 9.13 Å². The van der Waals surface area contributed by atoms with E-state index in [2.05, 4.69) is 11.8 Å². The lowest BCUT2D eigenvalue weighted by molar-refractivity contribution is -0.0726. The number of likely N-dealkylation sites (tertiary alicyclic amines) is 1. The van der Waals surface area contributed by atoms with E-state index in [9.17, 15) is 4.39 Å². The second kappa shape index (κ2) is 5.43. The van der Waals surface area contributed by atoms with Crippen molar-refractivity contribution in [3.63, 3.8) is 0 Å². The fraction of sp³-hybridized carbons (Fsp3) is 0.625. The van der Waals surface area contributed by atoms with Gasteiger partial charge >= 0.3 is 0 Å². The van der Waals surface area contributed by atoms with E-state index in [1.54, 1.807) is 0 Å². The molecule has 20 heavy (non-hydrogen) atoms. The predicted octanol–water partition coefficient (Wildman–Crippen LogP) is 1.95. The zero-order valence-corrected chi connectivity index (χ0v) is 12.0. The van der Waals surface area contributed by atoms with Gasteiger partial charge in [-0.1, -0.05) is 12.1 Å². The van der Waals surface area contributed by atoms with Gasteiger partial charge in [-0.25, -0.2) is 4.39 Å². The van der Waals surface area contributed by atoms with Gasteiger partial charge in [0.1, 0.15) is 5.82 Å². The standard InChI is InChI=1S/C16H23FN2O/c1-16(11-18,8-12-2-4-13(17)5-3-12)19-9-14-6-7-15(10-19)20-14/h2-5,14-15H,6-11,18H2,1H3. The smallest absolute Gasteiger partial charge is 0.123 e. The zero-order chi connectivity index (χ0) is 14.2. The first-order chi connectivity index (χ1) is 9.59. The molecule has 110 valence electrons. The van der Waals surface area contributed by atoms with Crippen molar-refractivity contribution in [2.45, 2.75) is 43.9 Å². The van der Waals surface area contributed by atoms with Crippen molar-refractivity contribution >= 4 is 0 Å². The average molecular weight is 278 g/mol. The number of halogens is 1. The molecular weight excluding hydrogens is 255 g/mol. The minimum absolute atomic E-state index is 0.0809. The molecule has 3 rings (SSSR count). The first kappa shape index (κ1) is 14.0. The molecule has 3 nitrogen and oxygen atoms in total. The summed E-state index contributed by atoms with van der Waals surface area (Å²) in [5, 5.41) is 0.